The van der Waals surface area contributed by atoms with E-state index in [0.29, 0.717) is 11.1 Å². The van der Waals surface area contributed by atoms with Crippen molar-refractivity contribution in [3.05, 3.63) is 39.6 Å². The van der Waals surface area contributed by atoms with Crippen LogP contribution in [0.15, 0.2) is 16.9 Å². The Bertz CT molecular complexity index is 816. The fourth-order valence-corrected chi connectivity index (χ4v) is 3.44. The molecule has 2 heterocycles. The molecule has 0 amide bonds. The standard InChI is InChI=1S/C15H14FN3O/c1-15(2)4-3-9-12-11-8(14(20)19-18-13(12)15)5-7(16)6-10(11)17-9/h5-6,9,17H,3-4H2,1-2H3. The lowest BCUT2D eigenvalue weighted by atomic mass is 9.74. The molecule has 0 bridgehead atoms. The van der Waals surface area contributed by atoms with E-state index in [-0.39, 0.29) is 11.5 Å². The summed E-state index contributed by atoms with van der Waals surface area (Å²) in [5, 5.41) is 12.4. The SMILES string of the molecule is CC1(C)CCC2Nc3cc(F)cc4c(=O)nnc1c2c34. The van der Waals surface area contributed by atoms with Crippen LogP contribution in [0.2, 0.25) is 0 Å². The molecule has 1 aliphatic heterocycles. The molecule has 1 aromatic heterocycles. The Morgan fingerprint density at radius 3 is 2.95 bits per heavy atom. The number of hydrogen-bond acceptors (Lipinski definition) is 4. The van der Waals surface area contributed by atoms with Crippen molar-refractivity contribution in [2.24, 2.45) is 0 Å². The number of nitrogens with zero attached hydrogens (tertiary/aromatic N) is 2. The molecular formula is C15H14FN3O. The second-order valence-corrected chi connectivity index (χ2v) is 6.26. The molecule has 2 aliphatic rings. The second-order valence-electron chi connectivity index (χ2n) is 6.26. The Morgan fingerprint density at radius 2 is 2.15 bits per heavy atom. The van der Waals surface area contributed by atoms with Crippen LogP contribution in [-0.2, 0) is 5.41 Å². The number of anilines is 1. The molecule has 1 N–H and O–H groups in total. The van der Waals surface area contributed by atoms with Crippen molar-refractivity contribution in [1.82, 2.24) is 10.2 Å². The zero-order valence-corrected chi connectivity index (χ0v) is 11.3. The molecule has 102 valence electrons. The highest BCUT2D eigenvalue weighted by Gasteiger charge is 2.39. The third kappa shape index (κ3) is 1.38. The van der Waals surface area contributed by atoms with Crippen LogP contribution in [0.1, 0.15) is 44.0 Å². The van der Waals surface area contributed by atoms with E-state index in [0.717, 1.165) is 29.5 Å². The maximum atomic E-state index is 13.7. The van der Waals surface area contributed by atoms with Crippen molar-refractivity contribution in [2.75, 3.05) is 5.32 Å². The number of hydrogen-bond donors (Lipinski definition) is 1. The largest absolute Gasteiger partial charge is 0.378 e. The van der Waals surface area contributed by atoms with E-state index in [1.807, 2.05) is 0 Å². The maximum Gasteiger partial charge on any atom is 0.296 e. The van der Waals surface area contributed by atoms with Gasteiger partial charge in [0, 0.05) is 22.1 Å². The lowest BCUT2D eigenvalue weighted by molar-refractivity contribution is 0.395. The van der Waals surface area contributed by atoms with Gasteiger partial charge in [-0.3, -0.25) is 4.79 Å². The van der Waals surface area contributed by atoms with Gasteiger partial charge >= 0.3 is 0 Å². The molecule has 1 atom stereocenters. The molecule has 20 heavy (non-hydrogen) atoms. The zero-order valence-electron chi connectivity index (χ0n) is 11.3. The van der Waals surface area contributed by atoms with Gasteiger partial charge in [-0.15, -0.1) is 5.10 Å². The summed E-state index contributed by atoms with van der Waals surface area (Å²) in [4.78, 5) is 12.1. The van der Waals surface area contributed by atoms with Crippen LogP contribution < -0.4 is 10.9 Å². The van der Waals surface area contributed by atoms with Gasteiger partial charge in [0.25, 0.3) is 5.56 Å². The van der Waals surface area contributed by atoms with E-state index >= 15 is 0 Å². The Morgan fingerprint density at radius 1 is 1.35 bits per heavy atom. The normalized spacial score (nSPS) is 21.9. The van der Waals surface area contributed by atoms with Gasteiger partial charge in [0.05, 0.1) is 17.1 Å². The van der Waals surface area contributed by atoms with Crippen molar-refractivity contribution in [2.45, 2.75) is 38.1 Å². The number of rotatable bonds is 0. The summed E-state index contributed by atoms with van der Waals surface area (Å²) < 4.78 is 13.7. The van der Waals surface area contributed by atoms with Crippen LogP contribution in [-0.4, -0.2) is 10.2 Å². The number of nitrogens with one attached hydrogen (secondary N) is 1. The van der Waals surface area contributed by atoms with Crippen molar-refractivity contribution < 1.29 is 4.39 Å². The minimum atomic E-state index is -0.464. The van der Waals surface area contributed by atoms with Crippen LogP contribution >= 0.6 is 0 Å². The lowest BCUT2D eigenvalue weighted by Gasteiger charge is -2.32. The molecule has 4 rings (SSSR count). The van der Waals surface area contributed by atoms with E-state index in [4.69, 9.17) is 0 Å². The number of benzene rings is 1. The molecule has 4 nitrogen and oxygen atoms in total. The first-order valence-corrected chi connectivity index (χ1v) is 6.78. The average Bonchev–Trinajstić information content (AvgIpc) is 2.65. The van der Waals surface area contributed by atoms with Crippen LogP contribution in [0.4, 0.5) is 10.1 Å². The quantitative estimate of drug-likeness (QED) is 0.800. The fraction of sp³-hybridized carbons (Fsp3) is 0.400. The van der Waals surface area contributed by atoms with Gasteiger partial charge in [0.1, 0.15) is 5.82 Å². The average molecular weight is 271 g/mol. The van der Waals surface area contributed by atoms with Gasteiger partial charge in [-0.25, -0.2) is 4.39 Å². The van der Waals surface area contributed by atoms with Gasteiger partial charge < -0.3 is 5.32 Å². The van der Waals surface area contributed by atoms with E-state index in [1.54, 1.807) is 0 Å². The maximum absolute atomic E-state index is 13.7. The van der Waals surface area contributed by atoms with E-state index in [1.165, 1.54) is 12.1 Å². The van der Waals surface area contributed by atoms with Gasteiger partial charge in [0.15, 0.2) is 0 Å². The topological polar surface area (TPSA) is 54.9 Å². The van der Waals surface area contributed by atoms with Crippen molar-refractivity contribution >= 4 is 16.5 Å². The molecule has 0 radical (unpaired) electrons. The zero-order chi connectivity index (χ0) is 14.1. The predicted molar refractivity (Wildman–Crippen MR) is 74.4 cm³/mol. The van der Waals surface area contributed by atoms with Crippen LogP contribution in [0, 0.1) is 5.82 Å². The molecule has 2 aromatic rings. The third-order valence-electron chi connectivity index (χ3n) is 4.48. The molecule has 5 heteroatoms. The van der Waals surface area contributed by atoms with E-state index in [2.05, 4.69) is 29.4 Å². The first kappa shape index (κ1) is 11.8. The molecule has 1 unspecified atom stereocenters. The Labute approximate surface area is 115 Å². The third-order valence-corrected chi connectivity index (χ3v) is 4.48. The molecule has 1 aliphatic carbocycles. The van der Waals surface area contributed by atoms with Crippen molar-refractivity contribution in [3.63, 3.8) is 0 Å². The molecule has 0 spiro atoms. The lowest BCUT2D eigenvalue weighted by Crippen LogP contribution is -2.28. The molecular weight excluding hydrogens is 257 g/mol. The highest BCUT2D eigenvalue weighted by Crippen LogP contribution is 2.49. The van der Waals surface area contributed by atoms with Gasteiger partial charge in [-0.2, -0.15) is 5.10 Å². The van der Waals surface area contributed by atoms with Gasteiger partial charge in [0.2, 0.25) is 0 Å². The molecule has 0 saturated heterocycles. The Kier molecular flexibility index (Phi) is 2.08. The van der Waals surface area contributed by atoms with Crippen molar-refractivity contribution in [1.29, 1.82) is 0 Å². The van der Waals surface area contributed by atoms with Crippen LogP contribution in [0.5, 0.6) is 0 Å². The first-order valence-electron chi connectivity index (χ1n) is 6.78. The van der Waals surface area contributed by atoms with Crippen LogP contribution in [0.3, 0.4) is 0 Å². The number of halogens is 1. The monoisotopic (exact) mass is 271 g/mol. The molecule has 0 saturated carbocycles. The highest BCUT2D eigenvalue weighted by molar-refractivity contribution is 5.99. The number of aromatic nitrogens is 2. The summed E-state index contributed by atoms with van der Waals surface area (Å²) >= 11 is 0. The first-order chi connectivity index (χ1) is 9.47. The smallest absolute Gasteiger partial charge is 0.296 e. The summed E-state index contributed by atoms with van der Waals surface area (Å²) in [7, 11) is 0. The molecule has 0 fully saturated rings. The summed E-state index contributed by atoms with van der Waals surface area (Å²) in [6.07, 6.45) is 1.91. The van der Waals surface area contributed by atoms with E-state index in [9.17, 15) is 9.18 Å². The fourth-order valence-electron chi connectivity index (χ4n) is 3.44. The summed E-state index contributed by atoms with van der Waals surface area (Å²) in [6, 6.07) is 2.83. The highest BCUT2D eigenvalue weighted by atomic mass is 19.1. The second kappa shape index (κ2) is 3.53. The Balaban J connectivity index is 2.26. The summed E-state index contributed by atoms with van der Waals surface area (Å²) in [6.45, 7) is 4.23. The minimum Gasteiger partial charge on any atom is -0.378 e. The van der Waals surface area contributed by atoms with E-state index < -0.39 is 11.4 Å². The Hall–Kier alpha value is -2.04. The summed E-state index contributed by atoms with van der Waals surface area (Å²) in [5.74, 6) is -0.420. The summed E-state index contributed by atoms with van der Waals surface area (Å²) in [5.41, 5.74) is 2.00. The minimum absolute atomic E-state index is 0.110. The van der Waals surface area contributed by atoms with Gasteiger partial charge in [-0.05, 0) is 25.0 Å². The van der Waals surface area contributed by atoms with Gasteiger partial charge in [-0.1, -0.05) is 13.8 Å². The van der Waals surface area contributed by atoms with Crippen molar-refractivity contribution in [3.8, 4) is 0 Å². The molecule has 1 aromatic carbocycles. The predicted octanol–water partition coefficient (Wildman–Crippen LogP) is 2.67. The van der Waals surface area contributed by atoms with Crippen LogP contribution in [0.25, 0.3) is 10.8 Å².